The number of amides is 1. The molecule has 2 atom stereocenters. The van der Waals surface area contributed by atoms with Crippen LogP contribution in [-0.4, -0.2) is 51.2 Å². The average molecular weight is 276 g/mol. The third-order valence-corrected chi connectivity index (χ3v) is 4.32. The van der Waals surface area contributed by atoms with Gasteiger partial charge in [0.25, 0.3) is 5.91 Å². The van der Waals surface area contributed by atoms with Crippen molar-refractivity contribution in [2.75, 3.05) is 40.4 Å². The summed E-state index contributed by atoms with van der Waals surface area (Å²) in [6.07, 6.45) is 0. The average Bonchev–Trinajstić information content (AvgIpc) is 3.07. The Balaban J connectivity index is 1.80. The number of nitrogens with one attached hydrogen (secondary N) is 1. The SMILES string of the molecule is COc1ccc(C(=O)N2C[C@H]3CNC[C@H]3C2)c(OC)c1. The number of ether oxygens (including phenoxy) is 2. The first-order valence-corrected chi connectivity index (χ1v) is 6.95. The number of likely N-dealkylation sites (tertiary alicyclic amines) is 1. The minimum Gasteiger partial charge on any atom is -0.497 e. The van der Waals surface area contributed by atoms with Crippen LogP contribution < -0.4 is 14.8 Å². The summed E-state index contributed by atoms with van der Waals surface area (Å²) in [5, 5.41) is 3.38. The summed E-state index contributed by atoms with van der Waals surface area (Å²) in [4.78, 5) is 14.6. The Bertz CT molecular complexity index is 506. The van der Waals surface area contributed by atoms with E-state index >= 15 is 0 Å². The van der Waals surface area contributed by atoms with Gasteiger partial charge in [-0.3, -0.25) is 4.79 Å². The van der Waals surface area contributed by atoms with Crippen LogP contribution in [0.5, 0.6) is 11.5 Å². The Morgan fingerprint density at radius 2 is 1.90 bits per heavy atom. The van der Waals surface area contributed by atoms with Crippen molar-refractivity contribution in [3.8, 4) is 11.5 Å². The van der Waals surface area contributed by atoms with E-state index in [1.165, 1.54) is 0 Å². The van der Waals surface area contributed by atoms with Gasteiger partial charge in [-0.1, -0.05) is 0 Å². The predicted molar refractivity (Wildman–Crippen MR) is 75.3 cm³/mol. The molecule has 0 radical (unpaired) electrons. The molecule has 0 bridgehead atoms. The largest absolute Gasteiger partial charge is 0.497 e. The molecule has 2 saturated heterocycles. The van der Waals surface area contributed by atoms with Crippen molar-refractivity contribution in [2.45, 2.75) is 0 Å². The first kappa shape index (κ1) is 13.2. The van der Waals surface area contributed by atoms with Gasteiger partial charge in [-0.15, -0.1) is 0 Å². The Labute approximate surface area is 118 Å². The van der Waals surface area contributed by atoms with Crippen molar-refractivity contribution in [3.05, 3.63) is 23.8 Å². The fourth-order valence-corrected chi connectivity index (χ4v) is 3.17. The van der Waals surface area contributed by atoms with Gasteiger partial charge in [-0.25, -0.2) is 0 Å². The van der Waals surface area contributed by atoms with Crippen LogP contribution in [0.3, 0.4) is 0 Å². The number of benzene rings is 1. The molecule has 1 N–H and O–H groups in total. The first-order valence-electron chi connectivity index (χ1n) is 6.95. The summed E-state index contributed by atoms with van der Waals surface area (Å²) in [5.41, 5.74) is 0.612. The molecule has 2 aliphatic heterocycles. The van der Waals surface area contributed by atoms with E-state index in [1.807, 2.05) is 4.90 Å². The molecule has 2 fully saturated rings. The van der Waals surface area contributed by atoms with Gasteiger partial charge < -0.3 is 19.7 Å². The zero-order valence-corrected chi connectivity index (χ0v) is 11.9. The molecule has 1 aromatic rings. The Morgan fingerprint density at radius 3 is 2.50 bits per heavy atom. The first-order chi connectivity index (χ1) is 9.72. The maximum atomic E-state index is 12.6. The Kier molecular flexibility index (Phi) is 3.53. The molecule has 0 saturated carbocycles. The molecule has 0 spiro atoms. The van der Waals surface area contributed by atoms with E-state index in [1.54, 1.807) is 32.4 Å². The van der Waals surface area contributed by atoms with E-state index in [9.17, 15) is 4.79 Å². The predicted octanol–water partition coefficient (Wildman–Crippen LogP) is 0.995. The topological polar surface area (TPSA) is 50.8 Å². The molecule has 0 aromatic heterocycles. The van der Waals surface area contributed by atoms with E-state index in [2.05, 4.69) is 5.32 Å². The molecule has 2 aliphatic rings. The summed E-state index contributed by atoms with van der Waals surface area (Å²) in [6, 6.07) is 5.34. The zero-order chi connectivity index (χ0) is 14.1. The van der Waals surface area contributed by atoms with Gasteiger partial charge in [0.1, 0.15) is 11.5 Å². The number of methoxy groups -OCH3 is 2. The lowest BCUT2D eigenvalue weighted by atomic mass is 10.0. The molecule has 5 nitrogen and oxygen atoms in total. The summed E-state index contributed by atoms with van der Waals surface area (Å²) in [6.45, 7) is 3.72. The van der Waals surface area contributed by atoms with Gasteiger partial charge in [-0.2, -0.15) is 0 Å². The van der Waals surface area contributed by atoms with Crippen LogP contribution in [-0.2, 0) is 0 Å². The summed E-state index contributed by atoms with van der Waals surface area (Å²) in [5.74, 6) is 2.52. The van der Waals surface area contributed by atoms with Gasteiger partial charge in [0, 0.05) is 32.2 Å². The monoisotopic (exact) mass is 276 g/mol. The van der Waals surface area contributed by atoms with E-state index in [4.69, 9.17) is 9.47 Å². The fraction of sp³-hybridized carbons (Fsp3) is 0.533. The molecule has 108 valence electrons. The van der Waals surface area contributed by atoms with Gasteiger partial charge in [0.15, 0.2) is 0 Å². The van der Waals surface area contributed by atoms with Crippen LogP contribution >= 0.6 is 0 Å². The molecule has 1 aromatic carbocycles. The fourth-order valence-electron chi connectivity index (χ4n) is 3.17. The summed E-state index contributed by atoms with van der Waals surface area (Å²) >= 11 is 0. The number of carbonyl (C=O) groups excluding carboxylic acids is 1. The second-order valence-electron chi connectivity index (χ2n) is 5.45. The molecule has 1 amide bonds. The number of hydrogen-bond donors (Lipinski definition) is 1. The van der Waals surface area contributed by atoms with E-state index < -0.39 is 0 Å². The number of rotatable bonds is 3. The molecule has 0 unspecified atom stereocenters. The van der Waals surface area contributed by atoms with Crippen LogP contribution in [0, 0.1) is 11.8 Å². The van der Waals surface area contributed by atoms with Gasteiger partial charge in [-0.05, 0) is 24.0 Å². The minimum atomic E-state index is 0.0545. The van der Waals surface area contributed by atoms with Crippen LogP contribution in [0.2, 0.25) is 0 Å². The highest BCUT2D eigenvalue weighted by Gasteiger charge is 2.38. The number of fused-ring (bicyclic) bond motifs is 1. The number of nitrogens with zero attached hydrogens (tertiary/aromatic N) is 1. The highest BCUT2D eigenvalue weighted by atomic mass is 16.5. The Hall–Kier alpha value is -1.75. The molecular weight excluding hydrogens is 256 g/mol. The third-order valence-electron chi connectivity index (χ3n) is 4.32. The van der Waals surface area contributed by atoms with Gasteiger partial charge in [0.05, 0.1) is 19.8 Å². The van der Waals surface area contributed by atoms with Crippen molar-refractivity contribution < 1.29 is 14.3 Å². The quantitative estimate of drug-likeness (QED) is 0.894. The van der Waals surface area contributed by atoms with Crippen LogP contribution in [0.15, 0.2) is 18.2 Å². The lowest BCUT2D eigenvalue weighted by Gasteiger charge is -2.19. The highest BCUT2D eigenvalue weighted by Crippen LogP contribution is 2.30. The maximum Gasteiger partial charge on any atom is 0.257 e. The maximum absolute atomic E-state index is 12.6. The van der Waals surface area contributed by atoms with Gasteiger partial charge >= 0.3 is 0 Å². The third kappa shape index (κ3) is 2.22. The lowest BCUT2D eigenvalue weighted by molar-refractivity contribution is 0.0778. The van der Waals surface area contributed by atoms with Crippen molar-refractivity contribution in [1.82, 2.24) is 10.2 Å². The van der Waals surface area contributed by atoms with Crippen molar-refractivity contribution in [3.63, 3.8) is 0 Å². The molecule has 3 rings (SSSR count). The highest BCUT2D eigenvalue weighted by molar-refractivity contribution is 5.97. The molecule has 20 heavy (non-hydrogen) atoms. The van der Waals surface area contributed by atoms with E-state index in [0.717, 1.165) is 26.2 Å². The smallest absolute Gasteiger partial charge is 0.257 e. The van der Waals surface area contributed by atoms with Crippen LogP contribution in [0.25, 0.3) is 0 Å². The van der Waals surface area contributed by atoms with Crippen molar-refractivity contribution in [2.24, 2.45) is 11.8 Å². The minimum absolute atomic E-state index is 0.0545. The zero-order valence-electron chi connectivity index (χ0n) is 11.9. The van der Waals surface area contributed by atoms with E-state index in [-0.39, 0.29) is 5.91 Å². The summed E-state index contributed by atoms with van der Waals surface area (Å²) in [7, 11) is 3.18. The molecule has 2 heterocycles. The number of carbonyl (C=O) groups is 1. The lowest BCUT2D eigenvalue weighted by Crippen LogP contribution is -2.32. The van der Waals surface area contributed by atoms with Gasteiger partial charge in [0.2, 0.25) is 0 Å². The molecular formula is C15H20N2O3. The Morgan fingerprint density at radius 1 is 1.20 bits per heavy atom. The van der Waals surface area contributed by atoms with Crippen LogP contribution in [0.1, 0.15) is 10.4 Å². The second-order valence-corrected chi connectivity index (χ2v) is 5.45. The van der Waals surface area contributed by atoms with Crippen LogP contribution in [0.4, 0.5) is 0 Å². The van der Waals surface area contributed by atoms with Crippen molar-refractivity contribution >= 4 is 5.91 Å². The normalized spacial score (nSPS) is 24.6. The number of hydrogen-bond acceptors (Lipinski definition) is 4. The molecule has 5 heteroatoms. The van der Waals surface area contributed by atoms with E-state index in [0.29, 0.717) is 28.9 Å². The standard InChI is InChI=1S/C15H20N2O3/c1-19-12-3-4-13(14(5-12)20-2)15(18)17-8-10-6-16-7-11(10)9-17/h3-5,10-11,16H,6-9H2,1-2H3/t10-,11+. The van der Waals surface area contributed by atoms with Crippen molar-refractivity contribution in [1.29, 1.82) is 0 Å². The molecule has 0 aliphatic carbocycles. The second kappa shape index (κ2) is 5.32. The summed E-state index contributed by atoms with van der Waals surface area (Å²) < 4.78 is 10.5.